The third-order valence-corrected chi connectivity index (χ3v) is 8.04. The largest absolute Gasteiger partial charge is 0.465 e. The lowest BCUT2D eigenvalue weighted by Crippen LogP contribution is -2.28. The Labute approximate surface area is 226 Å². The molecule has 0 amide bonds. The van der Waals surface area contributed by atoms with Crippen molar-refractivity contribution in [3.05, 3.63) is 86.6 Å². The van der Waals surface area contributed by atoms with Crippen molar-refractivity contribution in [2.45, 2.75) is 47.1 Å². The number of thiophene rings is 1. The van der Waals surface area contributed by atoms with Crippen molar-refractivity contribution < 1.29 is 23.5 Å². The number of hydrogen-bond acceptors (Lipinski definition) is 7. The predicted molar refractivity (Wildman–Crippen MR) is 149 cm³/mol. The van der Waals surface area contributed by atoms with Crippen LogP contribution in [0.2, 0.25) is 0 Å². The topological polar surface area (TPSA) is 78.6 Å². The van der Waals surface area contributed by atoms with Gasteiger partial charge in [0.2, 0.25) is 0 Å². The molecule has 0 unspecified atom stereocenters. The molecule has 1 aromatic carbocycles. The summed E-state index contributed by atoms with van der Waals surface area (Å²) in [4.78, 5) is 32.0. The second kappa shape index (κ2) is 10.2. The number of fused-ring (bicyclic) bond motifs is 2. The highest BCUT2D eigenvalue weighted by Crippen LogP contribution is 2.45. The summed E-state index contributed by atoms with van der Waals surface area (Å²) in [5.74, 6) is 0.210. The lowest BCUT2D eigenvalue weighted by atomic mass is 9.69. The highest BCUT2D eigenvalue weighted by atomic mass is 32.1. The molecule has 0 spiro atoms. The molecule has 1 aliphatic carbocycles. The molecule has 7 heteroatoms. The zero-order valence-electron chi connectivity index (χ0n) is 22.3. The van der Waals surface area contributed by atoms with Gasteiger partial charge in [-0.15, -0.1) is 11.3 Å². The number of nitrogens with zero attached hydrogens (tertiary/aromatic N) is 1. The summed E-state index contributed by atoms with van der Waals surface area (Å²) in [5.41, 5.74) is 4.59. The van der Waals surface area contributed by atoms with Crippen LogP contribution < -0.4 is 0 Å². The Bertz CT molecular complexity index is 1540. The average Bonchev–Trinajstić information content (AvgIpc) is 3.54. The van der Waals surface area contributed by atoms with Crippen molar-refractivity contribution in [1.29, 1.82) is 0 Å². The van der Waals surface area contributed by atoms with E-state index in [9.17, 15) is 9.59 Å². The lowest BCUT2D eigenvalue weighted by molar-refractivity contribution is 0.0443. The van der Waals surface area contributed by atoms with Crippen LogP contribution in [0.25, 0.3) is 22.6 Å². The first-order chi connectivity index (χ1) is 18.2. The number of methoxy groups -OCH3 is 1. The minimum absolute atomic E-state index is 0.0367. The summed E-state index contributed by atoms with van der Waals surface area (Å²) in [6, 6.07) is 13.4. The monoisotopic (exact) mass is 529 g/mol. The molecule has 5 rings (SSSR count). The fourth-order valence-electron chi connectivity index (χ4n) is 5.05. The van der Waals surface area contributed by atoms with Gasteiger partial charge in [-0.1, -0.05) is 45.0 Å². The quantitative estimate of drug-likeness (QED) is 0.249. The van der Waals surface area contributed by atoms with E-state index in [1.54, 1.807) is 24.3 Å². The van der Waals surface area contributed by atoms with Gasteiger partial charge >= 0.3 is 11.9 Å². The zero-order valence-corrected chi connectivity index (χ0v) is 23.1. The molecule has 0 aliphatic heterocycles. The molecule has 6 nitrogen and oxygen atoms in total. The third-order valence-electron chi connectivity index (χ3n) is 7.22. The maximum atomic E-state index is 13.8. The van der Waals surface area contributed by atoms with Gasteiger partial charge in [0.1, 0.15) is 23.7 Å². The summed E-state index contributed by atoms with van der Waals surface area (Å²) < 4.78 is 16.3. The molecule has 3 aromatic heterocycles. The number of ether oxygens (including phenoxy) is 2. The summed E-state index contributed by atoms with van der Waals surface area (Å²) in [6.07, 6.45) is 3.82. The third kappa shape index (κ3) is 5.03. The van der Waals surface area contributed by atoms with Gasteiger partial charge < -0.3 is 13.9 Å². The molecule has 0 saturated heterocycles. The van der Waals surface area contributed by atoms with Crippen LogP contribution in [0.5, 0.6) is 0 Å². The highest BCUT2D eigenvalue weighted by molar-refractivity contribution is 7.10. The molecule has 0 saturated carbocycles. The van der Waals surface area contributed by atoms with E-state index < -0.39 is 11.9 Å². The van der Waals surface area contributed by atoms with Crippen LogP contribution >= 0.6 is 11.3 Å². The summed E-state index contributed by atoms with van der Waals surface area (Å²) in [7, 11) is 1.32. The molecular formula is C31H31NO5S. The number of aryl methyl sites for hydroxylation is 1. The molecule has 196 valence electrons. The molecule has 4 aromatic rings. The second-order valence-corrected chi connectivity index (χ2v) is 11.7. The Morgan fingerprint density at radius 1 is 1.13 bits per heavy atom. The molecule has 0 radical (unpaired) electrons. The first-order valence-electron chi connectivity index (χ1n) is 12.7. The number of para-hydroxylation sites is 1. The van der Waals surface area contributed by atoms with Gasteiger partial charge in [-0.2, -0.15) is 0 Å². The Hall–Kier alpha value is -3.71. The number of carbonyl (C=O) groups excluding carboxylic acids is 2. The van der Waals surface area contributed by atoms with Gasteiger partial charge in [-0.05, 0) is 71.9 Å². The SMILES string of the molecule is COC(=O)c1cc(COC(=O)c2c3c(nc4ccccc24)/C(=C/c2cccs2)C[C@H](C(C)(C)C)C3)oc1C. The Balaban J connectivity index is 1.59. The van der Waals surface area contributed by atoms with Crippen LogP contribution in [0.3, 0.4) is 0 Å². The smallest absolute Gasteiger partial charge is 0.341 e. The van der Waals surface area contributed by atoms with Crippen LogP contribution in [-0.4, -0.2) is 24.0 Å². The molecule has 3 heterocycles. The van der Waals surface area contributed by atoms with Crippen molar-refractivity contribution >= 4 is 45.8 Å². The van der Waals surface area contributed by atoms with Crippen molar-refractivity contribution in [3.8, 4) is 0 Å². The van der Waals surface area contributed by atoms with Crippen LogP contribution in [0.4, 0.5) is 0 Å². The molecule has 1 aliphatic rings. The lowest BCUT2D eigenvalue weighted by Gasteiger charge is -2.36. The van der Waals surface area contributed by atoms with Gasteiger partial charge in [0, 0.05) is 10.3 Å². The minimum atomic E-state index is -0.490. The molecule has 0 fully saturated rings. The van der Waals surface area contributed by atoms with E-state index in [-0.39, 0.29) is 12.0 Å². The second-order valence-electron chi connectivity index (χ2n) is 10.7. The highest BCUT2D eigenvalue weighted by Gasteiger charge is 2.35. The number of hydrogen-bond donors (Lipinski definition) is 0. The van der Waals surface area contributed by atoms with Crippen LogP contribution in [0.1, 0.15) is 75.6 Å². The Morgan fingerprint density at radius 2 is 1.92 bits per heavy atom. The number of carbonyl (C=O) groups is 2. The van der Waals surface area contributed by atoms with Gasteiger partial charge in [0.05, 0.1) is 23.9 Å². The van der Waals surface area contributed by atoms with Gasteiger partial charge in [0.15, 0.2) is 0 Å². The van der Waals surface area contributed by atoms with E-state index >= 15 is 0 Å². The normalized spacial score (nSPS) is 16.4. The number of pyridine rings is 1. The number of furan rings is 1. The van der Waals surface area contributed by atoms with Crippen molar-refractivity contribution in [3.63, 3.8) is 0 Å². The van der Waals surface area contributed by atoms with E-state index in [0.717, 1.165) is 45.5 Å². The predicted octanol–water partition coefficient (Wildman–Crippen LogP) is 7.49. The number of benzene rings is 1. The van der Waals surface area contributed by atoms with Crippen molar-refractivity contribution in [2.75, 3.05) is 7.11 Å². The molecule has 1 atom stereocenters. The summed E-state index contributed by atoms with van der Waals surface area (Å²) in [5, 5.41) is 2.84. The molecular weight excluding hydrogens is 498 g/mol. The maximum Gasteiger partial charge on any atom is 0.341 e. The maximum absolute atomic E-state index is 13.8. The van der Waals surface area contributed by atoms with Gasteiger partial charge in [0.25, 0.3) is 0 Å². The van der Waals surface area contributed by atoms with Crippen LogP contribution in [-0.2, 0) is 22.5 Å². The van der Waals surface area contributed by atoms with E-state index in [1.165, 1.54) is 7.11 Å². The van der Waals surface area contributed by atoms with Crippen LogP contribution in [0.15, 0.2) is 52.3 Å². The average molecular weight is 530 g/mol. The first kappa shape index (κ1) is 25.9. The zero-order chi connectivity index (χ0) is 27.0. The first-order valence-corrected chi connectivity index (χ1v) is 13.5. The van der Waals surface area contributed by atoms with Crippen molar-refractivity contribution in [1.82, 2.24) is 4.98 Å². The summed E-state index contributed by atoms with van der Waals surface area (Å²) in [6.45, 7) is 8.32. The standard InChI is InChI=1S/C31H31NO5S/c1-18-24(29(33)35-5)16-21(37-18)17-36-30(34)27-23-10-6-7-11-26(23)32-28-19(14-22-9-8-12-38-22)13-20(15-25(27)28)31(2,3)4/h6-12,14,16,20H,13,15,17H2,1-5H3/b19-14+/t20-/m0/s1. The fourth-order valence-corrected chi connectivity index (χ4v) is 5.73. The Morgan fingerprint density at radius 3 is 2.63 bits per heavy atom. The minimum Gasteiger partial charge on any atom is -0.465 e. The van der Waals surface area contributed by atoms with E-state index in [2.05, 4.69) is 38.3 Å². The van der Waals surface area contributed by atoms with Crippen molar-refractivity contribution in [2.24, 2.45) is 11.3 Å². The molecule has 0 N–H and O–H groups in total. The number of rotatable bonds is 5. The molecule has 0 bridgehead atoms. The number of allylic oxidation sites excluding steroid dienone is 1. The Kier molecular flexibility index (Phi) is 6.97. The number of aromatic nitrogens is 1. The molecule has 38 heavy (non-hydrogen) atoms. The number of esters is 2. The van der Waals surface area contributed by atoms with E-state index in [4.69, 9.17) is 18.9 Å². The summed E-state index contributed by atoms with van der Waals surface area (Å²) >= 11 is 1.69. The van der Waals surface area contributed by atoms with Crippen LogP contribution in [0, 0.1) is 18.3 Å². The van der Waals surface area contributed by atoms with Gasteiger partial charge in [-0.3, -0.25) is 0 Å². The fraction of sp³-hybridized carbons (Fsp3) is 0.323. The van der Waals surface area contributed by atoms with Gasteiger partial charge in [-0.25, -0.2) is 14.6 Å². The van der Waals surface area contributed by atoms with E-state index in [0.29, 0.717) is 28.6 Å². The van der Waals surface area contributed by atoms with E-state index in [1.807, 2.05) is 30.3 Å².